The largest absolute Gasteiger partial charge is 0.354 e. The molecular weight excluding hydrogens is 416 g/mol. The summed E-state index contributed by atoms with van der Waals surface area (Å²) in [5.74, 6) is 0.905. The number of rotatable bonds is 11. The molecule has 0 aliphatic heterocycles. The van der Waals surface area contributed by atoms with E-state index in [-0.39, 0.29) is 11.8 Å². The summed E-state index contributed by atoms with van der Waals surface area (Å²) >= 11 is 7.67. The van der Waals surface area contributed by atoms with Crippen molar-refractivity contribution in [3.8, 4) is 0 Å². The maximum absolute atomic E-state index is 13.0. The van der Waals surface area contributed by atoms with Crippen LogP contribution in [0.3, 0.4) is 0 Å². The monoisotopic (exact) mass is 446 g/mol. The van der Waals surface area contributed by atoms with Gasteiger partial charge in [-0.25, -0.2) is 0 Å². The molecule has 1 atom stereocenters. The van der Waals surface area contributed by atoms with Crippen LogP contribution in [0.25, 0.3) is 0 Å². The molecule has 2 rings (SSSR count). The number of amides is 2. The topological polar surface area (TPSA) is 49.4 Å². The van der Waals surface area contributed by atoms with Crippen LogP contribution in [0, 0.1) is 6.92 Å². The van der Waals surface area contributed by atoms with Crippen LogP contribution in [0.4, 0.5) is 0 Å². The fourth-order valence-electron chi connectivity index (χ4n) is 2.97. The second kappa shape index (κ2) is 12.7. The lowest BCUT2D eigenvalue weighted by atomic mass is 10.1. The highest BCUT2D eigenvalue weighted by molar-refractivity contribution is 7.99. The van der Waals surface area contributed by atoms with Crippen molar-refractivity contribution < 1.29 is 9.59 Å². The lowest BCUT2D eigenvalue weighted by Gasteiger charge is -2.29. The molecule has 0 aliphatic carbocycles. The van der Waals surface area contributed by atoms with Gasteiger partial charge in [-0.2, -0.15) is 0 Å². The van der Waals surface area contributed by atoms with E-state index >= 15 is 0 Å². The number of thioether (sulfide) groups is 1. The van der Waals surface area contributed by atoms with Gasteiger partial charge in [0.25, 0.3) is 0 Å². The molecule has 2 aromatic carbocycles. The fraction of sp³-hybridized carbons (Fsp3) is 0.417. The molecule has 2 aromatic rings. The first kappa shape index (κ1) is 24.3. The normalized spacial score (nSPS) is 11.7. The summed E-state index contributed by atoms with van der Waals surface area (Å²) in [5, 5.41) is 3.56. The number of nitrogens with one attached hydrogen (secondary N) is 1. The Morgan fingerprint density at radius 3 is 2.53 bits per heavy atom. The van der Waals surface area contributed by atoms with E-state index in [0.29, 0.717) is 23.9 Å². The number of nitrogens with zero attached hydrogens (tertiary/aromatic N) is 1. The van der Waals surface area contributed by atoms with E-state index in [1.807, 2.05) is 18.2 Å². The molecule has 0 radical (unpaired) electrons. The first-order valence-electron chi connectivity index (χ1n) is 10.4. The van der Waals surface area contributed by atoms with Crippen molar-refractivity contribution in [1.29, 1.82) is 0 Å². The van der Waals surface area contributed by atoms with Crippen molar-refractivity contribution in [3.63, 3.8) is 0 Å². The van der Waals surface area contributed by atoms with E-state index < -0.39 is 6.04 Å². The Labute approximate surface area is 189 Å². The average molecular weight is 447 g/mol. The van der Waals surface area contributed by atoms with Gasteiger partial charge in [0.2, 0.25) is 11.8 Å². The van der Waals surface area contributed by atoms with Gasteiger partial charge in [0.05, 0.1) is 5.75 Å². The van der Waals surface area contributed by atoms with Gasteiger partial charge in [-0.1, -0.05) is 66.9 Å². The molecule has 6 heteroatoms. The Morgan fingerprint density at radius 2 is 1.87 bits per heavy atom. The SMILES string of the molecule is CCCCNC(=O)C(C)N(Cc1cccc(Cl)c1)C(=O)CSCc1ccc(C)cc1. The molecule has 1 N–H and O–H groups in total. The Hall–Kier alpha value is -1.98. The smallest absolute Gasteiger partial charge is 0.242 e. The second-order valence-electron chi connectivity index (χ2n) is 7.45. The van der Waals surface area contributed by atoms with Crippen LogP contribution in [-0.2, 0) is 21.9 Å². The van der Waals surface area contributed by atoms with Crippen LogP contribution in [0.5, 0.6) is 0 Å². The number of halogens is 1. The second-order valence-corrected chi connectivity index (χ2v) is 8.87. The minimum Gasteiger partial charge on any atom is -0.354 e. The third-order valence-corrected chi connectivity index (χ3v) is 6.08. The molecule has 4 nitrogen and oxygen atoms in total. The summed E-state index contributed by atoms with van der Waals surface area (Å²) in [4.78, 5) is 27.3. The highest BCUT2D eigenvalue weighted by Crippen LogP contribution is 2.18. The highest BCUT2D eigenvalue weighted by atomic mass is 35.5. The van der Waals surface area contributed by atoms with Crippen LogP contribution in [0.2, 0.25) is 5.02 Å². The molecule has 0 spiro atoms. The Bertz CT molecular complexity index is 826. The van der Waals surface area contributed by atoms with Crippen molar-refractivity contribution >= 4 is 35.2 Å². The first-order valence-corrected chi connectivity index (χ1v) is 11.9. The highest BCUT2D eigenvalue weighted by Gasteiger charge is 2.25. The molecular formula is C24H31ClN2O2S. The van der Waals surface area contributed by atoms with Gasteiger partial charge in [0.1, 0.15) is 6.04 Å². The summed E-state index contributed by atoms with van der Waals surface area (Å²) in [7, 11) is 0. The zero-order chi connectivity index (χ0) is 21.9. The maximum Gasteiger partial charge on any atom is 0.242 e. The molecule has 0 saturated heterocycles. The van der Waals surface area contributed by atoms with Gasteiger partial charge >= 0.3 is 0 Å². The maximum atomic E-state index is 13.0. The molecule has 162 valence electrons. The quantitative estimate of drug-likeness (QED) is 0.481. The van der Waals surface area contributed by atoms with E-state index in [4.69, 9.17) is 11.6 Å². The molecule has 0 bridgehead atoms. The molecule has 0 fully saturated rings. The summed E-state index contributed by atoms with van der Waals surface area (Å²) in [6, 6.07) is 15.2. The van der Waals surface area contributed by atoms with Crippen molar-refractivity contribution in [3.05, 3.63) is 70.2 Å². The van der Waals surface area contributed by atoms with Gasteiger partial charge in [0.15, 0.2) is 0 Å². The molecule has 0 aromatic heterocycles. The van der Waals surface area contributed by atoms with Crippen molar-refractivity contribution in [2.75, 3.05) is 12.3 Å². The zero-order valence-electron chi connectivity index (χ0n) is 18.0. The first-order chi connectivity index (χ1) is 14.4. The lowest BCUT2D eigenvalue weighted by Crippen LogP contribution is -2.48. The molecule has 1 unspecified atom stereocenters. The Morgan fingerprint density at radius 1 is 1.13 bits per heavy atom. The predicted octanol–water partition coefficient (Wildman–Crippen LogP) is 5.22. The lowest BCUT2D eigenvalue weighted by molar-refractivity contribution is -0.138. The molecule has 0 aliphatic rings. The third-order valence-electron chi connectivity index (χ3n) is 4.85. The van der Waals surface area contributed by atoms with Crippen LogP contribution in [-0.4, -0.2) is 35.1 Å². The van der Waals surface area contributed by atoms with E-state index in [0.717, 1.165) is 24.2 Å². The molecule has 2 amide bonds. The Balaban J connectivity index is 2.03. The van der Waals surface area contributed by atoms with Gasteiger partial charge in [-0.05, 0) is 43.5 Å². The number of carbonyl (C=O) groups is 2. The van der Waals surface area contributed by atoms with Gasteiger partial charge in [0, 0.05) is 23.9 Å². The van der Waals surface area contributed by atoms with Crippen molar-refractivity contribution in [1.82, 2.24) is 10.2 Å². The predicted molar refractivity (Wildman–Crippen MR) is 127 cm³/mol. The summed E-state index contributed by atoms with van der Waals surface area (Å²) < 4.78 is 0. The van der Waals surface area contributed by atoms with Crippen molar-refractivity contribution in [2.24, 2.45) is 0 Å². The number of carbonyl (C=O) groups excluding carboxylic acids is 2. The van der Waals surface area contributed by atoms with Gasteiger partial charge in [-0.3, -0.25) is 9.59 Å². The number of unbranched alkanes of at least 4 members (excludes halogenated alkanes) is 1. The van der Waals surface area contributed by atoms with E-state index in [2.05, 4.69) is 43.4 Å². The number of hydrogen-bond donors (Lipinski definition) is 1. The van der Waals surface area contributed by atoms with Crippen LogP contribution in [0.15, 0.2) is 48.5 Å². The third kappa shape index (κ3) is 8.04. The molecule has 0 saturated carbocycles. The average Bonchev–Trinajstić information content (AvgIpc) is 2.73. The Kier molecular flexibility index (Phi) is 10.2. The molecule has 0 heterocycles. The molecule has 30 heavy (non-hydrogen) atoms. The summed E-state index contributed by atoms with van der Waals surface area (Å²) in [5.41, 5.74) is 3.31. The minimum absolute atomic E-state index is 0.0507. The number of hydrogen-bond acceptors (Lipinski definition) is 3. The standard InChI is InChI=1S/C24H31ClN2O2S/c1-4-5-13-26-24(29)19(3)27(15-21-7-6-8-22(25)14-21)23(28)17-30-16-20-11-9-18(2)10-12-20/h6-12,14,19H,4-5,13,15-17H2,1-3H3,(H,26,29). The van der Waals surface area contributed by atoms with Gasteiger partial charge < -0.3 is 10.2 Å². The van der Waals surface area contributed by atoms with Crippen LogP contribution < -0.4 is 5.32 Å². The summed E-state index contributed by atoms with van der Waals surface area (Å²) in [6.45, 7) is 6.90. The fourth-order valence-corrected chi connectivity index (χ4v) is 4.06. The van der Waals surface area contributed by atoms with E-state index in [1.54, 1.807) is 29.7 Å². The zero-order valence-corrected chi connectivity index (χ0v) is 19.6. The van der Waals surface area contributed by atoms with E-state index in [9.17, 15) is 9.59 Å². The van der Waals surface area contributed by atoms with Gasteiger partial charge in [-0.15, -0.1) is 11.8 Å². The summed E-state index contributed by atoms with van der Waals surface area (Å²) in [6.07, 6.45) is 1.93. The van der Waals surface area contributed by atoms with E-state index in [1.165, 1.54) is 11.1 Å². The minimum atomic E-state index is -0.548. The number of aryl methyl sites for hydroxylation is 1. The van der Waals surface area contributed by atoms with Crippen molar-refractivity contribution in [2.45, 2.75) is 52.0 Å². The van der Waals surface area contributed by atoms with Crippen LogP contribution >= 0.6 is 23.4 Å². The van der Waals surface area contributed by atoms with Crippen LogP contribution in [0.1, 0.15) is 43.4 Å². The number of benzene rings is 2.